The Kier molecular flexibility index (Phi) is 7.59. The van der Waals surface area contributed by atoms with Crippen molar-refractivity contribution >= 4 is 11.8 Å². The molecule has 0 fully saturated rings. The minimum absolute atomic E-state index is 0.0355. The Labute approximate surface area is 162 Å². The molecule has 0 radical (unpaired) electrons. The molecule has 0 unspecified atom stereocenters. The molecule has 2 amide bonds. The number of carbonyl (C=O) groups excluding carboxylic acids is 2. The lowest BCUT2D eigenvalue weighted by Gasteiger charge is -2.29. The molecule has 2 rings (SSSR count). The summed E-state index contributed by atoms with van der Waals surface area (Å²) >= 11 is 0. The van der Waals surface area contributed by atoms with E-state index in [1.54, 1.807) is 11.8 Å². The number of aryl methyl sites for hydroxylation is 2. The molecule has 0 aliphatic rings. The van der Waals surface area contributed by atoms with Gasteiger partial charge in [0, 0.05) is 13.1 Å². The number of nitrogens with one attached hydrogen (secondary N) is 1. The topological polar surface area (TPSA) is 49.4 Å². The molecule has 0 saturated carbocycles. The van der Waals surface area contributed by atoms with E-state index in [0.717, 1.165) is 28.7 Å². The summed E-state index contributed by atoms with van der Waals surface area (Å²) in [6.07, 6.45) is 1.16. The average molecular weight is 367 g/mol. The number of hydrogen-bond acceptors (Lipinski definition) is 2. The Morgan fingerprint density at radius 1 is 0.963 bits per heavy atom. The van der Waals surface area contributed by atoms with E-state index in [9.17, 15) is 9.59 Å². The standard InChI is InChI=1S/C23H30N2O2/c1-5-14-24-23(27)19(4)25(16-21-13-9-7-11-18(21)3)22(26)15-20-12-8-6-10-17(20)2/h6-13,19H,5,14-16H2,1-4H3,(H,24,27)/t19-/m1/s1. The highest BCUT2D eigenvalue weighted by atomic mass is 16.2. The van der Waals surface area contributed by atoms with Crippen LogP contribution in [0.15, 0.2) is 48.5 Å². The van der Waals surface area contributed by atoms with Crippen LogP contribution in [-0.2, 0) is 22.6 Å². The van der Waals surface area contributed by atoms with Gasteiger partial charge in [-0.1, -0.05) is 55.5 Å². The minimum Gasteiger partial charge on any atom is -0.354 e. The molecule has 2 aromatic carbocycles. The van der Waals surface area contributed by atoms with Gasteiger partial charge in [0.1, 0.15) is 6.04 Å². The Bertz CT molecular complexity index is 785. The molecular weight excluding hydrogens is 336 g/mol. The fraction of sp³-hybridized carbons (Fsp3) is 0.391. The third kappa shape index (κ3) is 5.68. The van der Waals surface area contributed by atoms with E-state index in [1.807, 2.05) is 69.3 Å². The first kappa shape index (κ1) is 20.7. The fourth-order valence-corrected chi connectivity index (χ4v) is 3.02. The summed E-state index contributed by atoms with van der Waals surface area (Å²) in [7, 11) is 0. The second-order valence-corrected chi connectivity index (χ2v) is 7.02. The summed E-state index contributed by atoms with van der Waals surface area (Å²) < 4.78 is 0. The highest BCUT2D eigenvalue weighted by molar-refractivity contribution is 5.88. The summed E-state index contributed by atoms with van der Waals surface area (Å²) in [5, 5.41) is 2.91. The van der Waals surface area contributed by atoms with Gasteiger partial charge in [-0.3, -0.25) is 9.59 Å². The maximum atomic E-state index is 13.1. The van der Waals surface area contributed by atoms with Crippen molar-refractivity contribution in [1.29, 1.82) is 0 Å². The van der Waals surface area contributed by atoms with Crippen LogP contribution < -0.4 is 5.32 Å². The number of rotatable bonds is 8. The molecule has 0 bridgehead atoms. The third-order valence-electron chi connectivity index (χ3n) is 4.92. The van der Waals surface area contributed by atoms with E-state index in [4.69, 9.17) is 0 Å². The Hall–Kier alpha value is -2.62. The molecule has 0 aliphatic heterocycles. The molecule has 1 atom stereocenters. The van der Waals surface area contributed by atoms with Gasteiger partial charge in [0.2, 0.25) is 11.8 Å². The van der Waals surface area contributed by atoms with Crippen LogP contribution >= 0.6 is 0 Å². The van der Waals surface area contributed by atoms with Crippen molar-refractivity contribution in [3.05, 3.63) is 70.8 Å². The van der Waals surface area contributed by atoms with Gasteiger partial charge in [-0.25, -0.2) is 0 Å². The van der Waals surface area contributed by atoms with Crippen LogP contribution in [0.2, 0.25) is 0 Å². The molecule has 2 aromatic rings. The quantitative estimate of drug-likeness (QED) is 0.773. The van der Waals surface area contributed by atoms with Gasteiger partial charge in [0.25, 0.3) is 0 Å². The normalized spacial score (nSPS) is 11.7. The van der Waals surface area contributed by atoms with Gasteiger partial charge in [-0.15, -0.1) is 0 Å². The van der Waals surface area contributed by atoms with Crippen LogP contribution in [0.1, 0.15) is 42.5 Å². The minimum atomic E-state index is -0.521. The van der Waals surface area contributed by atoms with Crippen LogP contribution in [0, 0.1) is 13.8 Å². The molecule has 27 heavy (non-hydrogen) atoms. The van der Waals surface area contributed by atoms with Crippen LogP contribution in [-0.4, -0.2) is 29.3 Å². The van der Waals surface area contributed by atoms with Gasteiger partial charge in [-0.2, -0.15) is 0 Å². The average Bonchev–Trinajstić information content (AvgIpc) is 2.66. The van der Waals surface area contributed by atoms with Crippen LogP contribution in [0.4, 0.5) is 0 Å². The lowest BCUT2D eigenvalue weighted by molar-refractivity contribution is -0.140. The Morgan fingerprint density at radius 2 is 1.52 bits per heavy atom. The Morgan fingerprint density at radius 3 is 2.07 bits per heavy atom. The van der Waals surface area contributed by atoms with Crippen molar-refractivity contribution in [3.8, 4) is 0 Å². The number of nitrogens with zero attached hydrogens (tertiary/aromatic N) is 1. The van der Waals surface area contributed by atoms with Gasteiger partial charge in [-0.05, 0) is 49.4 Å². The maximum Gasteiger partial charge on any atom is 0.242 e. The molecule has 0 aromatic heterocycles. The first-order chi connectivity index (χ1) is 12.9. The zero-order chi connectivity index (χ0) is 19.8. The molecule has 144 valence electrons. The molecular formula is C23H30N2O2. The second kappa shape index (κ2) is 9.91. The molecule has 4 heteroatoms. The van der Waals surface area contributed by atoms with Crippen molar-refractivity contribution in [2.45, 2.75) is 53.1 Å². The van der Waals surface area contributed by atoms with Crippen molar-refractivity contribution in [1.82, 2.24) is 10.2 Å². The predicted molar refractivity (Wildman–Crippen MR) is 109 cm³/mol. The van der Waals surface area contributed by atoms with Crippen molar-refractivity contribution in [3.63, 3.8) is 0 Å². The van der Waals surface area contributed by atoms with E-state index in [2.05, 4.69) is 5.32 Å². The van der Waals surface area contributed by atoms with E-state index < -0.39 is 6.04 Å². The lowest BCUT2D eigenvalue weighted by atomic mass is 10.0. The first-order valence-electron chi connectivity index (χ1n) is 9.60. The second-order valence-electron chi connectivity index (χ2n) is 7.02. The van der Waals surface area contributed by atoms with Crippen LogP contribution in [0.25, 0.3) is 0 Å². The summed E-state index contributed by atoms with van der Waals surface area (Å²) in [6, 6.07) is 15.4. The highest BCUT2D eigenvalue weighted by Crippen LogP contribution is 2.16. The third-order valence-corrected chi connectivity index (χ3v) is 4.92. The monoisotopic (exact) mass is 366 g/mol. The van der Waals surface area contributed by atoms with E-state index in [-0.39, 0.29) is 11.8 Å². The molecule has 1 N–H and O–H groups in total. The number of hydrogen-bond donors (Lipinski definition) is 1. The Balaban J connectivity index is 2.25. The van der Waals surface area contributed by atoms with Gasteiger partial charge < -0.3 is 10.2 Å². The smallest absolute Gasteiger partial charge is 0.242 e. The van der Waals surface area contributed by atoms with Gasteiger partial charge in [0.15, 0.2) is 0 Å². The molecule has 0 heterocycles. The molecule has 0 spiro atoms. The van der Waals surface area contributed by atoms with E-state index in [0.29, 0.717) is 19.5 Å². The van der Waals surface area contributed by atoms with Crippen molar-refractivity contribution < 1.29 is 9.59 Å². The van der Waals surface area contributed by atoms with Crippen LogP contribution in [0.3, 0.4) is 0 Å². The summed E-state index contributed by atoms with van der Waals surface area (Å²) in [5.41, 5.74) is 4.27. The zero-order valence-corrected chi connectivity index (χ0v) is 16.8. The largest absolute Gasteiger partial charge is 0.354 e. The first-order valence-corrected chi connectivity index (χ1v) is 9.60. The lowest BCUT2D eigenvalue weighted by Crippen LogP contribution is -2.48. The van der Waals surface area contributed by atoms with Gasteiger partial charge in [0.05, 0.1) is 6.42 Å². The summed E-state index contributed by atoms with van der Waals surface area (Å²) in [5.74, 6) is -0.143. The van der Waals surface area contributed by atoms with E-state index in [1.165, 1.54) is 0 Å². The van der Waals surface area contributed by atoms with Gasteiger partial charge >= 0.3 is 0 Å². The summed E-state index contributed by atoms with van der Waals surface area (Å²) in [4.78, 5) is 27.4. The fourth-order valence-electron chi connectivity index (χ4n) is 3.02. The van der Waals surface area contributed by atoms with Crippen molar-refractivity contribution in [2.75, 3.05) is 6.54 Å². The number of amides is 2. The molecule has 0 aliphatic carbocycles. The SMILES string of the molecule is CCCNC(=O)[C@@H](C)N(Cc1ccccc1C)C(=O)Cc1ccccc1C. The highest BCUT2D eigenvalue weighted by Gasteiger charge is 2.26. The number of carbonyl (C=O) groups is 2. The predicted octanol–water partition coefficient (Wildman–Crippen LogP) is 3.79. The summed E-state index contributed by atoms with van der Waals surface area (Å²) in [6.45, 7) is 8.90. The van der Waals surface area contributed by atoms with Crippen molar-refractivity contribution in [2.24, 2.45) is 0 Å². The number of benzene rings is 2. The zero-order valence-electron chi connectivity index (χ0n) is 16.8. The van der Waals surface area contributed by atoms with Crippen LogP contribution in [0.5, 0.6) is 0 Å². The molecule has 4 nitrogen and oxygen atoms in total. The maximum absolute atomic E-state index is 13.1. The molecule has 0 saturated heterocycles. The van der Waals surface area contributed by atoms with E-state index >= 15 is 0 Å².